The molecule has 2 aromatic heterocycles. The number of halogens is 3. The van der Waals surface area contributed by atoms with Crippen molar-refractivity contribution in [1.82, 2.24) is 14.5 Å². The molecule has 0 fully saturated rings. The van der Waals surface area contributed by atoms with E-state index in [1.54, 1.807) is 35.9 Å². The summed E-state index contributed by atoms with van der Waals surface area (Å²) >= 11 is 0. The van der Waals surface area contributed by atoms with Crippen molar-refractivity contribution >= 4 is 19.0 Å². The molecule has 0 amide bonds. The highest BCUT2D eigenvalue weighted by molar-refractivity contribution is 6.76. The molecule has 0 bridgehead atoms. The highest BCUT2D eigenvalue weighted by Crippen LogP contribution is 2.39. The minimum atomic E-state index is -4.57. The van der Waals surface area contributed by atoms with Gasteiger partial charge in [0.15, 0.2) is 0 Å². The topological polar surface area (TPSA) is 60.2 Å². The van der Waals surface area contributed by atoms with E-state index in [1.165, 1.54) is 0 Å². The Kier molecular flexibility index (Phi) is 6.35. The van der Waals surface area contributed by atoms with Crippen LogP contribution in [0, 0.1) is 6.92 Å². The third-order valence-electron chi connectivity index (χ3n) is 4.83. The molecular weight excluding hydrogens is 411 g/mol. The number of aromatic nitrogens is 3. The number of ether oxygens (including phenoxy) is 1. The molecular formula is C21H26F3N3O2Si. The number of hydrogen-bond donors (Lipinski definition) is 1. The number of nitrogens with zero attached hydrogens (tertiary/aromatic N) is 3. The van der Waals surface area contributed by atoms with E-state index in [9.17, 15) is 18.3 Å². The van der Waals surface area contributed by atoms with Crippen molar-refractivity contribution in [3.05, 3.63) is 47.5 Å². The van der Waals surface area contributed by atoms with E-state index in [0.29, 0.717) is 28.6 Å². The second-order valence-corrected chi connectivity index (χ2v) is 14.2. The van der Waals surface area contributed by atoms with Crippen LogP contribution in [-0.2, 0) is 24.3 Å². The van der Waals surface area contributed by atoms with Crippen LogP contribution >= 0.6 is 0 Å². The molecule has 1 N–H and O–H groups in total. The van der Waals surface area contributed by atoms with Gasteiger partial charge in [-0.05, 0) is 24.6 Å². The van der Waals surface area contributed by atoms with Gasteiger partial charge in [0.25, 0.3) is 0 Å². The van der Waals surface area contributed by atoms with Crippen LogP contribution in [0.4, 0.5) is 13.2 Å². The van der Waals surface area contributed by atoms with Gasteiger partial charge in [-0.15, -0.1) is 0 Å². The maximum absolute atomic E-state index is 13.6. The Morgan fingerprint density at radius 1 is 1.20 bits per heavy atom. The Bertz CT molecular complexity index is 1040. The maximum atomic E-state index is 13.6. The highest BCUT2D eigenvalue weighted by Gasteiger charge is 2.36. The molecule has 162 valence electrons. The van der Waals surface area contributed by atoms with Gasteiger partial charge in [0.05, 0.1) is 17.8 Å². The molecule has 1 aromatic carbocycles. The van der Waals surface area contributed by atoms with Crippen molar-refractivity contribution in [3.8, 4) is 11.3 Å². The monoisotopic (exact) mass is 437 g/mol. The zero-order valence-electron chi connectivity index (χ0n) is 17.5. The van der Waals surface area contributed by atoms with Gasteiger partial charge in [0, 0.05) is 38.0 Å². The first-order valence-electron chi connectivity index (χ1n) is 9.71. The molecule has 0 atom stereocenters. The molecule has 3 aromatic rings. The van der Waals surface area contributed by atoms with Crippen LogP contribution in [0.5, 0.6) is 0 Å². The van der Waals surface area contributed by atoms with E-state index in [1.807, 2.05) is 0 Å². The van der Waals surface area contributed by atoms with Crippen molar-refractivity contribution < 1.29 is 23.0 Å². The normalized spacial score (nSPS) is 12.7. The van der Waals surface area contributed by atoms with Crippen LogP contribution in [0.1, 0.15) is 17.0 Å². The number of rotatable bonds is 7. The molecule has 9 heteroatoms. The predicted molar refractivity (Wildman–Crippen MR) is 113 cm³/mol. The molecule has 3 rings (SSSR count). The number of alkyl halides is 3. The number of aliphatic hydroxyl groups is 1. The fourth-order valence-corrected chi connectivity index (χ4v) is 3.91. The molecule has 0 aliphatic carbocycles. The van der Waals surface area contributed by atoms with Crippen molar-refractivity contribution in [3.63, 3.8) is 0 Å². The summed E-state index contributed by atoms with van der Waals surface area (Å²) in [6, 6.07) is 6.17. The summed E-state index contributed by atoms with van der Waals surface area (Å²) in [6.45, 7) is 8.96. The zero-order chi connectivity index (χ0) is 22.1. The highest BCUT2D eigenvalue weighted by atomic mass is 28.3. The van der Waals surface area contributed by atoms with Crippen LogP contribution < -0.4 is 0 Å². The second kappa shape index (κ2) is 8.48. The lowest BCUT2D eigenvalue weighted by molar-refractivity contribution is -0.137. The van der Waals surface area contributed by atoms with Gasteiger partial charge in [-0.2, -0.15) is 13.2 Å². The van der Waals surface area contributed by atoms with E-state index in [-0.39, 0.29) is 24.9 Å². The lowest BCUT2D eigenvalue weighted by atomic mass is 10.0. The molecule has 0 spiro atoms. The average molecular weight is 438 g/mol. The van der Waals surface area contributed by atoms with E-state index in [2.05, 4.69) is 29.6 Å². The molecule has 0 saturated carbocycles. The fourth-order valence-electron chi connectivity index (χ4n) is 3.16. The number of fused-ring (bicyclic) bond motifs is 1. The Hall–Kier alpha value is -2.23. The predicted octanol–water partition coefficient (Wildman–Crippen LogP) is 5.23. The van der Waals surface area contributed by atoms with Gasteiger partial charge in [0.1, 0.15) is 18.1 Å². The smallest absolute Gasteiger partial charge is 0.392 e. The summed E-state index contributed by atoms with van der Waals surface area (Å²) in [4.78, 5) is 7.85. The minimum Gasteiger partial charge on any atom is -0.392 e. The van der Waals surface area contributed by atoms with Crippen molar-refractivity contribution in [1.29, 1.82) is 0 Å². The van der Waals surface area contributed by atoms with Gasteiger partial charge in [-0.3, -0.25) is 0 Å². The van der Waals surface area contributed by atoms with Gasteiger partial charge in [-0.25, -0.2) is 9.97 Å². The van der Waals surface area contributed by atoms with Gasteiger partial charge in [-0.1, -0.05) is 31.8 Å². The number of hydrogen-bond acceptors (Lipinski definition) is 4. The molecule has 0 saturated heterocycles. The van der Waals surface area contributed by atoms with E-state index >= 15 is 0 Å². The van der Waals surface area contributed by atoms with Crippen LogP contribution in [-0.4, -0.2) is 34.3 Å². The number of aliphatic hydroxyl groups excluding tert-OH is 1. The first-order chi connectivity index (χ1) is 14.0. The van der Waals surface area contributed by atoms with Gasteiger partial charge in [0.2, 0.25) is 0 Å². The Morgan fingerprint density at radius 2 is 1.93 bits per heavy atom. The summed E-state index contributed by atoms with van der Waals surface area (Å²) in [5.74, 6) is 0.261. The second-order valence-electron chi connectivity index (χ2n) is 8.55. The molecule has 0 aliphatic heterocycles. The SMILES string of the molecule is Cc1ncc(C(F)(F)F)c(-c2cn(COCC[Si](C)(C)C)c3cc(CO)ccc23)n1. The Balaban J connectivity index is 2.08. The van der Waals surface area contributed by atoms with Crippen molar-refractivity contribution in [2.45, 2.75) is 52.1 Å². The molecule has 2 heterocycles. The van der Waals surface area contributed by atoms with E-state index in [4.69, 9.17) is 4.74 Å². The Labute approximate surface area is 174 Å². The molecule has 0 unspecified atom stereocenters. The molecule has 0 aliphatic rings. The lowest BCUT2D eigenvalue weighted by Gasteiger charge is -2.15. The van der Waals surface area contributed by atoms with Gasteiger partial charge >= 0.3 is 6.18 Å². The quantitative estimate of drug-likeness (QED) is 0.406. The summed E-state index contributed by atoms with van der Waals surface area (Å²) < 4.78 is 48.4. The van der Waals surface area contributed by atoms with Gasteiger partial charge < -0.3 is 14.4 Å². The van der Waals surface area contributed by atoms with Crippen LogP contribution in [0.15, 0.2) is 30.6 Å². The number of benzene rings is 1. The average Bonchev–Trinajstić information content (AvgIpc) is 3.01. The third kappa shape index (κ3) is 5.08. The lowest BCUT2D eigenvalue weighted by Crippen LogP contribution is -2.21. The zero-order valence-corrected chi connectivity index (χ0v) is 18.5. The standard InChI is InChI=1S/C21H26F3N3O2Si/c1-14-25-10-18(21(22,23)24)20(26-14)17-11-27(13-29-7-8-30(2,3)4)19-9-15(12-28)5-6-16(17)19/h5-6,9-11,28H,7-8,12-13H2,1-4H3. The van der Waals surface area contributed by atoms with Crippen LogP contribution in [0.25, 0.3) is 22.2 Å². The fraction of sp³-hybridized carbons (Fsp3) is 0.429. The first kappa shape index (κ1) is 22.5. The van der Waals surface area contributed by atoms with Crippen molar-refractivity contribution in [2.24, 2.45) is 0 Å². The minimum absolute atomic E-state index is 0.155. The Morgan fingerprint density at radius 3 is 2.57 bits per heavy atom. The van der Waals surface area contributed by atoms with E-state index in [0.717, 1.165) is 12.2 Å². The maximum Gasteiger partial charge on any atom is 0.419 e. The molecule has 5 nitrogen and oxygen atoms in total. The van der Waals surface area contributed by atoms with Crippen LogP contribution in [0.3, 0.4) is 0 Å². The third-order valence-corrected chi connectivity index (χ3v) is 6.53. The summed E-state index contributed by atoms with van der Waals surface area (Å²) in [5.41, 5.74) is 0.691. The van der Waals surface area contributed by atoms with Crippen LogP contribution in [0.2, 0.25) is 25.7 Å². The van der Waals surface area contributed by atoms with E-state index < -0.39 is 19.8 Å². The summed E-state index contributed by atoms with van der Waals surface area (Å²) in [6.07, 6.45) is -2.11. The molecule has 0 radical (unpaired) electrons. The summed E-state index contributed by atoms with van der Waals surface area (Å²) in [5, 5.41) is 10.1. The summed E-state index contributed by atoms with van der Waals surface area (Å²) in [7, 11) is -1.26. The largest absolute Gasteiger partial charge is 0.419 e. The first-order valence-corrected chi connectivity index (χ1v) is 13.4. The molecule has 30 heavy (non-hydrogen) atoms. The van der Waals surface area contributed by atoms with Crippen molar-refractivity contribution in [2.75, 3.05) is 6.61 Å². The number of aryl methyl sites for hydroxylation is 1.